The van der Waals surface area contributed by atoms with E-state index >= 15 is 0 Å². The average Bonchev–Trinajstić information content (AvgIpc) is 2.95. The highest BCUT2D eigenvalue weighted by Gasteiger charge is 2.33. The van der Waals surface area contributed by atoms with Crippen molar-refractivity contribution in [2.24, 2.45) is 0 Å². The first kappa shape index (κ1) is 29.5. The van der Waals surface area contributed by atoms with E-state index < -0.39 is 28.5 Å². The van der Waals surface area contributed by atoms with Crippen LogP contribution >= 0.6 is 0 Å². The number of aryl methyl sites for hydroxylation is 1. The summed E-state index contributed by atoms with van der Waals surface area (Å²) in [6.45, 7) is 3.35. The van der Waals surface area contributed by atoms with Crippen molar-refractivity contribution >= 4 is 27.5 Å². The van der Waals surface area contributed by atoms with E-state index in [2.05, 4.69) is 5.32 Å². The molecule has 3 aromatic carbocycles. The Kier molecular flexibility index (Phi) is 9.95. The topological polar surface area (TPSA) is 105 Å². The summed E-state index contributed by atoms with van der Waals surface area (Å²) in [5, 5.41) is 2.62. The van der Waals surface area contributed by atoms with Gasteiger partial charge in [0.15, 0.2) is 11.5 Å². The lowest BCUT2D eigenvalue weighted by molar-refractivity contribution is -0.140. The number of anilines is 1. The molecular formula is C29H35N3O6S. The van der Waals surface area contributed by atoms with Crippen LogP contribution in [0, 0.1) is 6.92 Å². The molecule has 0 spiro atoms. The van der Waals surface area contributed by atoms with Crippen LogP contribution in [0.5, 0.6) is 11.5 Å². The summed E-state index contributed by atoms with van der Waals surface area (Å²) in [6, 6.07) is 19.4. The number of sulfonamides is 1. The number of nitrogens with one attached hydrogen (secondary N) is 1. The summed E-state index contributed by atoms with van der Waals surface area (Å²) >= 11 is 0. The summed E-state index contributed by atoms with van der Waals surface area (Å²) < 4.78 is 39.5. The maximum atomic E-state index is 14.0. The van der Waals surface area contributed by atoms with Gasteiger partial charge >= 0.3 is 0 Å². The van der Waals surface area contributed by atoms with Gasteiger partial charge in [0, 0.05) is 19.7 Å². The van der Waals surface area contributed by atoms with E-state index in [1.165, 1.54) is 44.4 Å². The van der Waals surface area contributed by atoms with E-state index in [1.807, 2.05) is 38.1 Å². The molecule has 208 valence electrons. The smallest absolute Gasteiger partial charge is 0.264 e. The second-order valence-corrected chi connectivity index (χ2v) is 10.8. The SMILES string of the molecule is CC[C@@H](C(=O)NC)N(Cc1cccc(C)c1)C(=O)CN(c1ccc(OC)c(OC)c1)S(=O)(=O)c1ccccc1. The third-order valence-corrected chi connectivity index (χ3v) is 8.12. The monoisotopic (exact) mass is 553 g/mol. The van der Waals surface area contributed by atoms with Gasteiger partial charge in [-0.1, -0.05) is 55.0 Å². The maximum Gasteiger partial charge on any atom is 0.264 e. The van der Waals surface area contributed by atoms with Gasteiger partial charge in [0.2, 0.25) is 11.8 Å². The number of ether oxygens (including phenoxy) is 2. The predicted molar refractivity (Wildman–Crippen MR) is 150 cm³/mol. The first-order valence-electron chi connectivity index (χ1n) is 12.5. The van der Waals surface area contributed by atoms with Gasteiger partial charge in [0.1, 0.15) is 12.6 Å². The van der Waals surface area contributed by atoms with Crippen LogP contribution in [0.25, 0.3) is 0 Å². The van der Waals surface area contributed by atoms with Crippen LogP contribution in [0.4, 0.5) is 5.69 Å². The Morgan fingerprint density at radius 1 is 0.923 bits per heavy atom. The molecule has 39 heavy (non-hydrogen) atoms. The molecule has 0 saturated carbocycles. The molecule has 3 aromatic rings. The van der Waals surface area contributed by atoms with Gasteiger partial charge in [-0.2, -0.15) is 0 Å². The maximum absolute atomic E-state index is 14.0. The molecule has 10 heteroatoms. The van der Waals surface area contributed by atoms with Gasteiger partial charge in [-0.15, -0.1) is 0 Å². The van der Waals surface area contributed by atoms with E-state index in [0.29, 0.717) is 17.9 Å². The number of rotatable bonds is 12. The fraction of sp³-hybridized carbons (Fsp3) is 0.310. The van der Waals surface area contributed by atoms with E-state index in [-0.39, 0.29) is 23.0 Å². The lowest BCUT2D eigenvalue weighted by Crippen LogP contribution is -2.51. The van der Waals surface area contributed by atoms with Crippen molar-refractivity contribution in [2.45, 2.75) is 37.8 Å². The molecule has 1 N–H and O–H groups in total. The molecule has 0 aliphatic heterocycles. The first-order valence-corrected chi connectivity index (χ1v) is 14.0. The normalized spacial score (nSPS) is 11.8. The minimum Gasteiger partial charge on any atom is -0.493 e. The van der Waals surface area contributed by atoms with Crippen molar-refractivity contribution in [2.75, 3.05) is 32.1 Å². The summed E-state index contributed by atoms with van der Waals surface area (Å²) in [4.78, 5) is 28.2. The van der Waals surface area contributed by atoms with Gasteiger partial charge in [-0.3, -0.25) is 13.9 Å². The largest absolute Gasteiger partial charge is 0.493 e. The van der Waals surface area contributed by atoms with Crippen LogP contribution in [0.1, 0.15) is 24.5 Å². The van der Waals surface area contributed by atoms with Crippen LogP contribution in [0.2, 0.25) is 0 Å². The number of carbonyl (C=O) groups excluding carboxylic acids is 2. The molecular weight excluding hydrogens is 518 g/mol. The van der Waals surface area contributed by atoms with Gasteiger partial charge in [-0.05, 0) is 43.2 Å². The molecule has 0 bridgehead atoms. The Hall–Kier alpha value is -4.05. The summed E-state index contributed by atoms with van der Waals surface area (Å²) in [5.74, 6) is -0.135. The minimum absolute atomic E-state index is 0.0242. The highest BCUT2D eigenvalue weighted by atomic mass is 32.2. The number of benzene rings is 3. The summed E-state index contributed by atoms with van der Waals surface area (Å²) in [7, 11) is 0.258. The summed E-state index contributed by atoms with van der Waals surface area (Å²) in [5.41, 5.74) is 2.05. The molecule has 9 nitrogen and oxygen atoms in total. The molecule has 2 amide bonds. The second-order valence-electron chi connectivity index (χ2n) is 8.91. The quantitative estimate of drug-likeness (QED) is 0.366. The Balaban J connectivity index is 2.10. The minimum atomic E-state index is -4.18. The number of nitrogens with zero attached hydrogens (tertiary/aromatic N) is 2. The first-order chi connectivity index (χ1) is 18.7. The zero-order valence-electron chi connectivity index (χ0n) is 22.9. The van der Waals surface area contributed by atoms with Crippen molar-refractivity contribution in [3.05, 3.63) is 83.9 Å². The van der Waals surface area contributed by atoms with Gasteiger partial charge in [0.05, 0.1) is 24.8 Å². The number of hydrogen-bond donors (Lipinski definition) is 1. The van der Waals surface area contributed by atoms with Crippen LogP contribution in [0.15, 0.2) is 77.7 Å². The van der Waals surface area contributed by atoms with Gasteiger partial charge in [-0.25, -0.2) is 8.42 Å². The Morgan fingerprint density at radius 3 is 2.21 bits per heavy atom. The molecule has 0 unspecified atom stereocenters. The van der Waals surface area contributed by atoms with Crippen molar-refractivity contribution in [3.63, 3.8) is 0 Å². The number of hydrogen-bond acceptors (Lipinski definition) is 6. The third-order valence-electron chi connectivity index (χ3n) is 6.33. The molecule has 0 aliphatic rings. The number of carbonyl (C=O) groups is 2. The highest BCUT2D eigenvalue weighted by Crippen LogP contribution is 2.34. The summed E-state index contributed by atoms with van der Waals surface area (Å²) in [6.07, 6.45) is 0.346. The lowest BCUT2D eigenvalue weighted by atomic mass is 10.1. The Morgan fingerprint density at radius 2 is 1.62 bits per heavy atom. The molecule has 0 aromatic heterocycles. The molecule has 3 rings (SSSR count). The number of amides is 2. The number of likely N-dealkylation sites (N-methyl/N-ethyl adjacent to an activating group) is 1. The lowest BCUT2D eigenvalue weighted by Gasteiger charge is -2.33. The van der Waals surface area contributed by atoms with Crippen molar-refractivity contribution in [3.8, 4) is 11.5 Å². The zero-order chi connectivity index (χ0) is 28.6. The number of methoxy groups -OCH3 is 2. The second kappa shape index (κ2) is 13.1. The molecule has 0 heterocycles. The van der Waals surface area contributed by atoms with Crippen molar-refractivity contribution < 1.29 is 27.5 Å². The molecule has 0 saturated heterocycles. The Bertz CT molecular complexity index is 1400. The molecule has 0 fully saturated rings. The van der Waals surface area contributed by atoms with E-state index in [0.717, 1.165) is 15.4 Å². The fourth-order valence-electron chi connectivity index (χ4n) is 4.32. The average molecular weight is 554 g/mol. The molecule has 0 aliphatic carbocycles. The predicted octanol–water partition coefficient (Wildman–Crippen LogP) is 3.76. The van der Waals surface area contributed by atoms with E-state index in [4.69, 9.17) is 9.47 Å². The van der Waals surface area contributed by atoms with Gasteiger partial charge < -0.3 is 19.7 Å². The van der Waals surface area contributed by atoms with Crippen LogP contribution in [-0.4, -0.2) is 59.0 Å². The van der Waals surface area contributed by atoms with Crippen LogP contribution < -0.4 is 19.1 Å². The van der Waals surface area contributed by atoms with E-state index in [1.54, 1.807) is 30.3 Å². The standard InChI is InChI=1S/C29H35N3O6S/c1-6-25(29(34)30-3)31(19-22-12-10-11-21(2)17-22)28(33)20-32(39(35,36)24-13-8-7-9-14-24)23-15-16-26(37-4)27(18-23)38-5/h7-18,25H,6,19-20H2,1-5H3,(H,30,34)/t25-/m0/s1. The molecule has 1 atom stereocenters. The third kappa shape index (κ3) is 6.88. The molecule has 0 radical (unpaired) electrons. The zero-order valence-corrected chi connectivity index (χ0v) is 23.7. The Labute approximate surface area is 230 Å². The van der Waals surface area contributed by atoms with Crippen molar-refractivity contribution in [1.82, 2.24) is 10.2 Å². The van der Waals surface area contributed by atoms with E-state index in [9.17, 15) is 18.0 Å². The van der Waals surface area contributed by atoms with Crippen LogP contribution in [-0.2, 0) is 26.2 Å². The fourth-order valence-corrected chi connectivity index (χ4v) is 5.75. The van der Waals surface area contributed by atoms with Crippen LogP contribution in [0.3, 0.4) is 0 Å². The van der Waals surface area contributed by atoms with Crippen molar-refractivity contribution in [1.29, 1.82) is 0 Å². The highest BCUT2D eigenvalue weighted by molar-refractivity contribution is 7.92. The van der Waals surface area contributed by atoms with Gasteiger partial charge in [0.25, 0.3) is 10.0 Å².